The van der Waals surface area contributed by atoms with Gasteiger partial charge in [0, 0.05) is 0 Å². The molecule has 0 aliphatic carbocycles. The Kier molecular flexibility index (Phi) is 3.86. The van der Waals surface area contributed by atoms with E-state index < -0.39 is 12.0 Å². The van der Waals surface area contributed by atoms with E-state index in [2.05, 4.69) is 13.8 Å². The van der Waals surface area contributed by atoms with Gasteiger partial charge in [0.2, 0.25) is 0 Å². The lowest BCUT2D eigenvalue weighted by molar-refractivity contribution is -0.135. The van der Waals surface area contributed by atoms with Crippen molar-refractivity contribution in [3.05, 3.63) is 29.8 Å². The molecule has 0 aliphatic heterocycles. The third-order valence-corrected chi connectivity index (χ3v) is 2.14. The van der Waals surface area contributed by atoms with Crippen LogP contribution in [0.25, 0.3) is 0 Å². The molecule has 0 saturated heterocycles. The van der Waals surface area contributed by atoms with Crippen LogP contribution in [0.15, 0.2) is 24.3 Å². The number of rotatable bonds is 3. The summed E-state index contributed by atoms with van der Waals surface area (Å²) in [6.07, 6.45) is 0. The molecule has 0 spiro atoms. The number of hydrogen-bond donors (Lipinski definition) is 1. The third-order valence-electron chi connectivity index (χ3n) is 2.14. The van der Waals surface area contributed by atoms with Crippen molar-refractivity contribution in [1.82, 2.24) is 0 Å². The van der Waals surface area contributed by atoms with Gasteiger partial charge in [0.15, 0.2) is 0 Å². The molecule has 1 aromatic carbocycles. The van der Waals surface area contributed by atoms with Crippen LogP contribution in [0.3, 0.4) is 0 Å². The maximum Gasteiger partial charge on any atom is 0.328 e. The largest absolute Gasteiger partial charge is 0.425 e. The summed E-state index contributed by atoms with van der Waals surface area (Å²) in [7, 11) is 0. The van der Waals surface area contributed by atoms with Gasteiger partial charge < -0.3 is 10.5 Å². The first-order chi connectivity index (χ1) is 7.00. The molecule has 0 fully saturated rings. The van der Waals surface area contributed by atoms with Crippen molar-refractivity contribution in [1.29, 1.82) is 0 Å². The Balaban J connectivity index is 2.69. The predicted molar refractivity (Wildman–Crippen MR) is 59.8 cm³/mol. The summed E-state index contributed by atoms with van der Waals surface area (Å²) in [5, 5.41) is 0. The van der Waals surface area contributed by atoms with Crippen LogP contribution in [0, 0.1) is 0 Å². The van der Waals surface area contributed by atoms with E-state index in [9.17, 15) is 4.79 Å². The van der Waals surface area contributed by atoms with Crippen molar-refractivity contribution >= 4 is 5.97 Å². The molecule has 2 N–H and O–H groups in total. The second kappa shape index (κ2) is 4.94. The summed E-state index contributed by atoms with van der Waals surface area (Å²) < 4.78 is 5.05. The Bertz CT molecular complexity index is 328. The van der Waals surface area contributed by atoms with Gasteiger partial charge in [-0.1, -0.05) is 26.0 Å². The number of carbonyl (C=O) groups is 1. The molecular weight excluding hydrogens is 190 g/mol. The molecule has 0 amide bonds. The number of ether oxygens (including phenoxy) is 1. The van der Waals surface area contributed by atoms with Gasteiger partial charge in [0.1, 0.15) is 11.8 Å². The van der Waals surface area contributed by atoms with E-state index in [0.717, 1.165) is 0 Å². The summed E-state index contributed by atoms with van der Waals surface area (Å²) >= 11 is 0. The zero-order valence-electron chi connectivity index (χ0n) is 9.36. The zero-order chi connectivity index (χ0) is 11.4. The van der Waals surface area contributed by atoms with E-state index in [1.54, 1.807) is 19.1 Å². The second-order valence-electron chi connectivity index (χ2n) is 3.93. The normalized spacial score (nSPS) is 12.6. The molecule has 1 aromatic rings. The fourth-order valence-electron chi connectivity index (χ4n) is 1.13. The van der Waals surface area contributed by atoms with Gasteiger partial charge in [-0.3, -0.25) is 0 Å². The van der Waals surface area contributed by atoms with Gasteiger partial charge in [-0.15, -0.1) is 0 Å². The van der Waals surface area contributed by atoms with Crippen LogP contribution in [-0.4, -0.2) is 12.0 Å². The lowest BCUT2D eigenvalue weighted by Crippen LogP contribution is -2.30. The van der Waals surface area contributed by atoms with E-state index in [4.69, 9.17) is 10.5 Å². The fraction of sp³-hybridized carbons (Fsp3) is 0.417. The molecule has 0 bridgehead atoms. The molecule has 0 radical (unpaired) electrons. The number of carbonyl (C=O) groups excluding carboxylic acids is 1. The average Bonchev–Trinajstić information content (AvgIpc) is 2.18. The van der Waals surface area contributed by atoms with Crippen molar-refractivity contribution in [2.75, 3.05) is 0 Å². The molecule has 1 unspecified atom stereocenters. The van der Waals surface area contributed by atoms with Crippen molar-refractivity contribution in [3.63, 3.8) is 0 Å². The highest BCUT2D eigenvalue weighted by atomic mass is 16.5. The molecule has 3 nitrogen and oxygen atoms in total. The van der Waals surface area contributed by atoms with Crippen molar-refractivity contribution < 1.29 is 9.53 Å². The summed E-state index contributed by atoms with van der Waals surface area (Å²) in [6, 6.07) is 6.89. The highest BCUT2D eigenvalue weighted by molar-refractivity contribution is 5.77. The number of nitrogens with two attached hydrogens (primary N) is 1. The SMILES string of the molecule is CC(N)C(=O)Oc1ccc(C(C)C)cc1. The lowest BCUT2D eigenvalue weighted by atomic mass is 10.0. The molecule has 15 heavy (non-hydrogen) atoms. The van der Waals surface area contributed by atoms with Crippen LogP contribution in [0.2, 0.25) is 0 Å². The number of hydrogen-bond acceptors (Lipinski definition) is 3. The standard InChI is InChI=1S/C12H17NO2/c1-8(2)10-4-6-11(7-5-10)15-12(14)9(3)13/h4-9H,13H2,1-3H3. The summed E-state index contributed by atoms with van der Waals surface area (Å²) in [4.78, 5) is 11.2. The average molecular weight is 207 g/mol. The van der Waals surface area contributed by atoms with Crippen LogP contribution < -0.4 is 10.5 Å². The van der Waals surface area contributed by atoms with E-state index in [1.165, 1.54) is 5.56 Å². The Hall–Kier alpha value is -1.35. The van der Waals surface area contributed by atoms with Crippen molar-refractivity contribution in [3.8, 4) is 5.75 Å². The molecule has 3 heteroatoms. The maximum absolute atomic E-state index is 11.2. The first kappa shape index (κ1) is 11.7. The summed E-state index contributed by atoms with van der Waals surface area (Å²) in [5.74, 6) is 0.609. The smallest absolute Gasteiger partial charge is 0.328 e. The highest BCUT2D eigenvalue weighted by Gasteiger charge is 2.09. The van der Waals surface area contributed by atoms with Gasteiger partial charge in [0.25, 0.3) is 0 Å². The molecule has 1 rings (SSSR count). The van der Waals surface area contributed by atoms with Gasteiger partial charge in [-0.05, 0) is 30.5 Å². The van der Waals surface area contributed by atoms with Gasteiger partial charge >= 0.3 is 5.97 Å². The first-order valence-corrected chi connectivity index (χ1v) is 5.08. The fourth-order valence-corrected chi connectivity index (χ4v) is 1.13. The van der Waals surface area contributed by atoms with Crippen LogP contribution in [0.1, 0.15) is 32.3 Å². The highest BCUT2D eigenvalue weighted by Crippen LogP contribution is 2.18. The molecule has 1 atom stereocenters. The Morgan fingerprint density at radius 1 is 1.20 bits per heavy atom. The minimum atomic E-state index is -0.588. The quantitative estimate of drug-likeness (QED) is 0.609. The van der Waals surface area contributed by atoms with E-state index in [0.29, 0.717) is 11.7 Å². The molecule has 0 heterocycles. The molecule has 0 aromatic heterocycles. The lowest BCUT2D eigenvalue weighted by Gasteiger charge is -2.08. The maximum atomic E-state index is 11.2. The molecule has 0 saturated carbocycles. The van der Waals surface area contributed by atoms with E-state index >= 15 is 0 Å². The number of esters is 1. The minimum absolute atomic E-state index is 0.410. The molecule has 82 valence electrons. The van der Waals surface area contributed by atoms with Gasteiger partial charge in [0.05, 0.1) is 0 Å². The zero-order valence-corrected chi connectivity index (χ0v) is 9.36. The first-order valence-electron chi connectivity index (χ1n) is 5.08. The Morgan fingerprint density at radius 3 is 2.13 bits per heavy atom. The third kappa shape index (κ3) is 3.36. The topological polar surface area (TPSA) is 52.3 Å². The van der Waals surface area contributed by atoms with Crippen molar-refractivity contribution in [2.24, 2.45) is 5.73 Å². The van der Waals surface area contributed by atoms with E-state index in [-0.39, 0.29) is 0 Å². The van der Waals surface area contributed by atoms with Crippen LogP contribution in [-0.2, 0) is 4.79 Å². The number of benzene rings is 1. The molecule has 0 aliphatic rings. The van der Waals surface area contributed by atoms with Crippen LogP contribution >= 0.6 is 0 Å². The van der Waals surface area contributed by atoms with Crippen molar-refractivity contribution in [2.45, 2.75) is 32.7 Å². The second-order valence-corrected chi connectivity index (χ2v) is 3.93. The molecular formula is C12H17NO2. The summed E-state index contributed by atoms with van der Waals surface area (Å²) in [5.41, 5.74) is 6.61. The Morgan fingerprint density at radius 2 is 1.73 bits per heavy atom. The monoisotopic (exact) mass is 207 g/mol. The van der Waals surface area contributed by atoms with Crippen LogP contribution in [0.5, 0.6) is 5.75 Å². The van der Waals surface area contributed by atoms with Gasteiger partial charge in [-0.25, -0.2) is 4.79 Å². The Labute approximate surface area is 90.2 Å². The van der Waals surface area contributed by atoms with Crippen LogP contribution in [0.4, 0.5) is 0 Å². The van der Waals surface area contributed by atoms with Gasteiger partial charge in [-0.2, -0.15) is 0 Å². The minimum Gasteiger partial charge on any atom is -0.425 e. The van der Waals surface area contributed by atoms with E-state index in [1.807, 2.05) is 12.1 Å². The predicted octanol–water partition coefficient (Wildman–Crippen LogP) is 2.06. The summed E-state index contributed by atoms with van der Waals surface area (Å²) in [6.45, 7) is 5.83.